The molecule has 0 unspecified atom stereocenters. The number of hydrogen-bond acceptors (Lipinski definition) is 7. The van der Waals surface area contributed by atoms with Gasteiger partial charge in [-0.2, -0.15) is 4.98 Å². The van der Waals surface area contributed by atoms with Crippen LogP contribution in [-0.2, 0) is 14.6 Å². The van der Waals surface area contributed by atoms with Crippen molar-refractivity contribution in [2.24, 2.45) is 0 Å². The van der Waals surface area contributed by atoms with Crippen molar-refractivity contribution < 1.29 is 22.4 Å². The van der Waals surface area contributed by atoms with Crippen molar-refractivity contribution in [1.29, 1.82) is 0 Å². The summed E-state index contributed by atoms with van der Waals surface area (Å²) in [5, 5.41) is 0. The lowest BCUT2D eigenvalue weighted by molar-refractivity contribution is 0.0602. The number of rotatable bonds is 2. The monoisotopic (exact) mass is 310 g/mol. The van der Waals surface area contributed by atoms with Gasteiger partial charge in [0.1, 0.15) is 5.52 Å². The molecule has 8 heteroatoms. The van der Waals surface area contributed by atoms with E-state index in [2.05, 4.69) is 4.98 Å². The first-order valence-electron chi connectivity index (χ1n) is 6.43. The van der Waals surface area contributed by atoms with E-state index in [1.54, 1.807) is 23.1 Å². The zero-order chi connectivity index (χ0) is 15.0. The van der Waals surface area contributed by atoms with E-state index in [1.165, 1.54) is 7.11 Å². The number of anilines is 1. The molecule has 21 heavy (non-hydrogen) atoms. The lowest BCUT2D eigenvalue weighted by atomic mass is 10.2. The molecule has 0 amide bonds. The van der Waals surface area contributed by atoms with Gasteiger partial charge in [0.05, 0.1) is 24.2 Å². The molecule has 1 aliphatic rings. The number of methoxy groups -OCH3 is 1. The average molecular weight is 310 g/mol. The molecule has 0 bridgehead atoms. The van der Waals surface area contributed by atoms with Crippen LogP contribution in [0.4, 0.5) is 6.01 Å². The highest BCUT2D eigenvalue weighted by atomic mass is 32.2. The fraction of sp³-hybridized carbons (Fsp3) is 0.385. The number of nitrogens with zero attached hydrogens (tertiary/aromatic N) is 2. The second-order valence-electron chi connectivity index (χ2n) is 4.78. The molecule has 3 rings (SSSR count). The van der Waals surface area contributed by atoms with Crippen molar-refractivity contribution in [1.82, 2.24) is 4.98 Å². The Balaban J connectivity index is 1.97. The molecule has 2 aromatic rings. The third-order valence-electron chi connectivity index (χ3n) is 3.43. The summed E-state index contributed by atoms with van der Waals surface area (Å²) in [5.41, 5.74) is 1.23. The predicted molar refractivity (Wildman–Crippen MR) is 76.2 cm³/mol. The lowest BCUT2D eigenvalue weighted by Crippen LogP contribution is -2.40. The third-order valence-corrected chi connectivity index (χ3v) is 5.04. The summed E-state index contributed by atoms with van der Waals surface area (Å²) in [6.45, 7) is 0.672. The molecule has 1 fully saturated rings. The maximum atomic E-state index is 11.7. The number of carbonyl (C=O) groups excluding carboxylic acids is 1. The number of sulfone groups is 1. The molecule has 0 N–H and O–H groups in total. The van der Waals surface area contributed by atoms with Crippen LogP contribution in [0.2, 0.25) is 0 Å². The Morgan fingerprint density at radius 1 is 1.33 bits per heavy atom. The SMILES string of the molecule is COC(=O)c1cccc2oc(N3CCS(=O)(=O)CC3)nc12. The minimum Gasteiger partial charge on any atom is -0.465 e. The van der Waals surface area contributed by atoms with Crippen molar-refractivity contribution >= 4 is 32.9 Å². The van der Waals surface area contributed by atoms with Crippen LogP contribution in [0.15, 0.2) is 22.6 Å². The zero-order valence-electron chi connectivity index (χ0n) is 11.4. The summed E-state index contributed by atoms with van der Waals surface area (Å²) < 4.78 is 33.2. The van der Waals surface area contributed by atoms with Crippen LogP contribution in [0.3, 0.4) is 0 Å². The van der Waals surface area contributed by atoms with Crippen LogP contribution in [0.25, 0.3) is 11.1 Å². The number of aromatic nitrogens is 1. The minimum absolute atomic E-state index is 0.0790. The molecular formula is C13H14N2O5S. The lowest BCUT2D eigenvalue weighted by Gasteiger charge is -2.24. The number of fused-ring (bicyclic) bond motifs is 1. The normalized spacial score (nSPS) is 17.9. The van der Waals surface area contributed by atoms with Gasteiger partial charge in [-0.15, -0.1) is 0 Å². The van der Waals surface area contributed by atoms with Crippen molar-refractivity contribution in [3.63, 3.8) is 0 Å². The first-order chi connectivity index (χ1) is 10.00. The highest BCUT2D eigenvalue weighted by Crippen LogP contribution is 2.26. The van der Waals surface area contributed by atoms with E-state index in [0.29, 0.717) is 35.8 Å². The van der Waals surface area contributed by atoms with Gasteiger partial charge in [-0.1, -0.05) is 6.07 Å². The summed E-state index contributed by atoms with van der Waals surface area (Å²) in [5.74, 6) is -0.327. The van der Waals surface area contributed by atoms with Gasteiger partial charge in [0, 0.05) is 13.1 Å². The van der Waals surface area contributed by atoms with Crippen molar-refractivity contribution in [3.8, 4) is 0 Å². The molecule has 1 aliphatic heterocycles. The molecule has 1 aromatic heterocycles. The summed E-state index contributed by atoms with van der Waals surface area (Å²) in [6, 6.07) is 5.33. The molecule has 7 nitrogen and oxygen atoms in total. The number of esters is 1. The number of oxazole rings is 1. The Hall–Kier alpha value is -2.09. The van der Waals surface area contributed by atoms with Gasteiger partial charge in [-0.05, 0) is 12.1 Å². The topological polar surface area (TPSA) is 89.7 Å². The van der Waals surface area contributed by atoms with Gasteiger partial charge < -0.3 is 14.1 Å². The molecule has 0 aliphatic carbocycles. The van der Waals surface area contributed by atoms with Gasteiger partial charge >= 0.3 is 5.97 Å². The number of para-hydroxylation sites is 1. The van der Waals surface area contributed by atoms with Crippen molar-refractivity contribution in [2.75, 3.05) is 36.6 Å². The number of ether oxygens (including phenoxy) is 1. The van der Waals surface area contributed by atoms with E-state index in [9.17, 15) is 13.2 Å². The molecule has 0 radical (unpaired) electrons. The van der Waals surface area contributed by atoms with Gasteiger partial charge in [-0.3, -0.25) is 0 Å². The summed E-state index contributed by atoms with van der Waals surface area (Å²) in [4.78, 5) is 17.8. The highest BCUT2D eigenvalue weighted by molar-refractivity contribution is 7.91. The van der Waals surface area contributed by atoms with Crippen molar-refractivity contribution in [3.05, 3.63) is 23.8 Å². The van der Waals surface area contributed by atoms with Crippen LogP contribution >= 0.6 is 0 Å². The van der Waals surface area contributed by atoms with Crippen molar-refractivity contribution in [2.45, 2.75) is 0 Å². The first kappa shape index (κ1) is 13.9. The first-order valence-corrected chi connectivity index (χ1v) is 8.25. The smallest absolute Gasteiger partial charge is 0.340 e. The Bertz CT molecular complexity index is 782. The molecule has 0 spiro atoms. The number of benzene rings is 1. The predicted octanol–water partition coefficient (Wildman–Crippen LogP) is 0.849. The van der Waals surface area contributed by atoms with E-state index >= 15 is 0 Å². The Kier molecular flexibility index (Phi) is 3.32. The maximum Gasteiger partial charge on any atom is 0.340 e. The summed E-state index contributed by atoms with van der Waals surface area (Å²) in [6.07, 6.45) is 0. The average Bonchev–Trinajstić information content (AvgIpc) is 2.90. The fourth-order valence-corrected chi connectivity index (χ4v) is 3.45. The van der Waals surface area contributed by atoms with E-state index in [4.69, 9.17) is 9.15 Å². The van der Waals surface area contributed by atoms with Gasteiger partial charge in [-0.25, -0.2) is 13.2 Å². The van der Waals surface area contributed by atoms with E-state index in [0.717, 1.165) is 0 Å². The molecule has 0 atom stereocenters. The summed E-state index contributed by atoms with van der Waals surface area (Å²) in [7, 11) is -1.66. The molecule has 1 aromatic carbocycles. The van der Waals surface area contributed by atoms with Crippen LogP contribution in [-0.4, -0.2) is 51.1 Å². The third kappa shape index (κ3) is 2.58. The van der Waals surface area contributed by atoms with E-state index < -0.39 is 15.8 Å². The molecule has 1 saturated heterocycles. The van der Waals surface area contributed by atoms with Crippen LogP contribution in [0, 0.1) is 0 Å². The van der Waals surface area contributed by atoms with E-state index in [1.807, 2.05) is 0 Å². The fourth-order valence-electron chi connectivity index (χ4n) is 2.25. The number of carbonyl (C=O) groups is 1. The van der Waals surface area contributed by atoms with Gasteiger partial charge in [0.25, 0.3) is 6.01 Å². The van der Waals surface area contributed by atoms with Gasteiger partial charge in [0.15, 0.2) is 15.4 Å². The molecule has 2 heterocycles. The second-order valence-corrected chi connectivity index (χ2v) is 7.08. The summed E-state index contributed by atoms with van der Waals surface area (Å²) >= 11 is 0. The van der Waals surface area contributed by atoms with Crippen LogP contribution in [0.5, 0.6) is 0 Å². The molecular weight excluding hydrogens is 296 g/mol. The Morgan fingerprint density at radius 3 is 2.71 bits per heavy atom. The van der Waals surface area contributed by atoms with Crippen LogP contribution in [0.1, 0.15) is 10.4 Å². The standard InChI is InChI=1S/C13H14N2O5S/c1-19-12(16)9-3-2-4-10-11(9)14-13(20-10)15-5-7-21(17,18)8-6-15/h2-4H,5-8H2,1H3. The highest BCUT2D eigenvalue weighted by Gasteiger charge is 2.25. The van der Waals surface area contributed by atoms with Gasteiger partial charge in [0.2, 0.25) is 0 Å². The van der Waals surface area contributed by atoms with Crippen LogP contribution < -0.4 is 4.90 Å². The Labute approximate surface area is 121 Å². The molecule has 0 saturated carbocycles. The zero-order valence-corrected chi connectivity index (χ0v) is 12.2. The largest absolute Gasteiger partial charge is 0.465 e. The maximum absolute atomic E-state index is 11.7. The molecule has 112 valence electrons. The Morgan fingerprint density at radius 2 is 2.05 bits per heavy atom. The minimum atomic E-state index is -2.96. The van der Waals surface area contributed by atoms with E-state index in [-0.39, 0.29) is 11.5 Å². The quantitative estimate of drug-likeness (QED) is 0.759. The second kappa shape index (κ2) is 5.03. The number of hydrogen-bond donors (Lipinski definition) is 0.